The first-order valence-electron chi connectivity index (χ1n) is 9.44. The van der Waals surface area contributed by atoms with Crippen molar-refractivity contribution < 1.29 is 9.53 Å². The summed E-state index contributed by atoms with van der Waals surface area (Å²) in [5.74, 6) is 0.764. The van der Waals surface area contributed by atoms with Gasteiger partial charge in [0.2, 0.25) is 5.91 Å². The maximum absolute atomic E-state index is 11.9. The van der Waals surface area contributed by atoms with Crippen molar-refractivity contribution >= 4 is 47.2 Å². The zero-order chi connectivity index (χ0) is 19.5. The molecule has 0 aliphatic carbocycles. The van der Waals surface area contributed by atoms with Crippen LogP contribution in [0.5, 0.6) is 0 Å². The molecule has 160 valence electrons. The maximum atomic E-state index is 11.9. The fourth-order valence-electron chi connectivity index (χ4n) is 2.67. The Hall–Kier alpha value is -0.980. The van der Waals surface area contributed by atoms with Gasteiger partial charge in [-0.3, -0.25) is 9.69 Å². The summed E-state index contributed by atoms with van der Waals surface area (Å²) in [5.41, 5.74) is 0. The fraction of sp³-hybridized carbons (Fsp3) is 0.722. The van der Waals surface area contributed by atoms with Crippen LogP contribution in [0.15, 0.2) is 16.6 Å². The summed E-state index contributed by atoms with van der Waals surface area (Å²) in [6, 6.07) is 0. The van der Waals surface area contributed by atoms with Gasteiger partial charge in [-0.1, -0.05) is 0 Å². The molecule has 2 heterocycles. The Kier molecular flexibility index (Phi) is 12.6. The van der Waals surface area contributed by atoms with Crippen LogP contribution in [0.25, 0.3) is 0 Å². The summed E-state index contributed by atoms with van der Waals surface area (Å²) in [6.45, 7) is 6.49. The first-order chi connectivity index (χ1) is 13.1. The van der Waals surface area contributed by atoms with Gasteiger partial charge in [-0.25, -0.2) is 9.98 Å². The number of hydrogen-bond acceptors (Lipinski definition) is 6. The van der Waals surface area contributed by atoms with Crippen molar-refractivity contribution in [2.24, 2.45) is 4.99 Å². The molecule has 0 saturated carbocycles. The van der Waals surface area contributed by atoms with E-state index >= 15 is 0 Å². The number of nitrogens with zero attached hydrogens (tertiary/aromatic N) is 5. The quantitative estimate of drug-likeness (QED) is 0.225. The molecule has 1 saturated heterocycles. The van der Waals surface area contributed by atoms with E-state index in [1.54, 1.807) is 30.3 Å². The molecule has 0 bridgehead atoms. The van der Waals surface area contributed by atoms with Crippen LogP contribution in [-0.4, -0.2) is 105 Å². The van der Waals surface area contributed by atoms with Crippen molar-refractivity contribution in [1.29, 1.82) is 0 Å². The molecule has 1 aliphatic rings. The number of rotatable bonds is 9. The molecular weight excluding hydrogens is 491 g/mol. The third-order valence-corrected chi connectivity index (χ3v) is 5.25. The van der Waals surface area contributed by atoms with Gasteiger partial charge in [-0.2, -0.15) is 0 Å². The van der Waals surface area contributed by atoms with E-state index in [-0.39, 0.29) is 36.4 Å². The Morgan fingerprint density at radius 3 is 2.75 bits per heavy atom. The first-order valence-corrected chi connectivity index (χ1v) is 10.3. The van der Waals surface area contributed by atoms with Gasteiger partial charge in [-0.15, -0.1) is 35.3 Å². The van der Waals surface area contributed by atoms with Crippen LogP contribution in [0.3, 0.4) is 0 Å². The van der Waals surface area contributed by atoms with Gasteiger partial charge in [-0.05, 0) is 13.0 Å². The molecule has 10 heteroatoms. The van der Waals surface area contributed by atoms with E-state index in [2.05, 4.69) is 25.1 Å². The molecule has 2 rings (SSSR count). The summed E-state index contributed by atoms with van der Waals surface area (Å²) in [7, 11) is 5.50. The Balaban J connectivity index is 0.00000392. The monoisotopic (exact) mass is 524 g/mol. The minimum atomic E-state index is -0.00376. The number of amides is 1. The van der Waals surface area contributed by atoms with Crippen molar-refractivity contribution in [2.75, 3.05) is 73.6 Å². The molecule has 1 N–H and O–H groups in total. The molecule has 0 spiro atoms. The molecule has 1 amide bonds. The number of ether oxygens (including phenoxy) is 1. The minimum absolute atomic E-state index is 0. The SMILES string of the molecule is CN(C)C(=O)CN=C(NCCCN1CCOCC1)N(C)CCc1nccs1.I. The van der Waals surface area contributed by atoms with Crippen LogP contribution in [-0.2, 0) is 16.0 Å². The van der Waals surface area contributed by atoms with Crippen molar-refractivity contribution in [3.05, 3.63) is 16.6 Å². The van der Waals surface area contributed by atoms with Gasteiger partial charge in [0.25, 0.3) is 0 Å². The molecule has 8 nitrogen and oxygen atoms in total. The number of aromatic nitrogens is 1. The number of carbonyl (C=O) groups excluding carboxylic acids is 1. The van der Waals surface area contributed by atoms with E-state index in [1.165, 1.54) is 0 Å². The van der Waals surface area contributed by atoms with Gasteiger partial charge >= 0.3 is 0 Å². The third-order valence-electron chi connectivity index (χ3n) is 4.41. The zero-order valence-corrected chi connectivity index (χ0v) is 20.2. The van der Waals surface area contributed by atoms with Crippen molar-refractivity contribution in [1.82, 2.24) is 25.0 Å². The van der Waals surface area contributed by atoms with E-state index < -0.39 is 0 Å². The highest BCUT2D eigenvalue weighted by Gasteiger charge is 2.12. The van der Waals surface area contributed by atoms with Gasteiger partial charge in [0, 0.05) is 65.3 Å². The highest BCUT2D eigenvalue weighted by molar-refractivity contribution is 14.0. The smallest absolute Gasteiger partial charge is 0.243 e. The lowest BCUT2D eigenvalue weighted by atomic mass is 10.3. The third kappa shape index (κ3) is 9.48. The van der Waals surface area contributed by atoms with Crippen LogP contribution >= 0.6 is 35.3 Å². The molecule has 0 aromatic carbocycles. The summed E-state index contributed by atoms with van der Waals surface area (Å²) in [6.07, 6.45) is 3.72. The number of morpholine rings is 1. The van der Waals surface area contributed by atoms with Crippen LogP contribution in [0, 0.1) is 0 Å². The summed E-state index contributed by atoms with van der Waals surface area (Å²) >= 11 is 1.66. The number of aliphatic imine (C=N–C) groups is 1. The molecule has 1 fully saturated rings. The predicted octanol–water partition coefficient (Wildman–Crippen LogP) is 0.992. The molecule has 1 aliphatic heterocycles. The molecule has 1 aromatic heterocycles. The highest BCUT2D eigenvalue weighted by atomic mass is 127. The average Bonchev–Trinajstić information content (AvgIpc) is 3.19. The van der Waals surface area contributed by atoms with Crippen molar-refractivity contribution in [3.8, 4) is 0 Å². The lowest BCUT2D eigenvalue weighted by molar-refractivity contribution is -0.127. The second kappa shape index (κ2) is 14.1. The number of halogens is 1. The Morgan fingerprint density at radius 2 is 2.11 bits per heavy atom. The average molecular weight is 524 g/mol. The lowest BCUT2D eigenvalue weighted by Crippen LogP contribution is -2.42. The van der Waals surface area contributed by atoms with E-state index in [0.29, 0.717) is 0 Å². The number of likely N-dealkylation sites (N-methyl/N-ethyl adjacent to an activating group) is 2. The number of carbonyl (C=O) groups is 1. The molecule has 1 aromatic rings. The highest BCUT2D eigenvalue weighted by Crippen LogP contribution is 2.05. The zero-order valence-electron chi connectivity index (χ0n) is 17.1. The van der Waals surface area contributed by atoms with E-state index in [4.69, 9.17) is 4.74 Å². The first kappa shape index (κ1) is 25.1. The van der Waals surface area contributed by atoms with E-state index in [1.807, 2.05) is 18.6 Å². The van der Waals surface area contributed by atoms with Gasteiger partial charge in [0.1, 0.15) is 6.54 Å². The number of nitrogens with one attached hydrogen (secondary N) is 1. The maximum Gasteiger partial charge on any atom is 0.243 e. The van der Waals surface area contributed by atoms with Crippen molar-refractivity contribution in [3.63, 3.8) is 0 Å². The predicted molar refractivity (Wildman–Crippen MR) is 125 cm³/mol. The molecule has 0 atom stereocenters. The van der Waals surface area contributed by atoms with Gasteiger partial charge in [0.15, 0.2) is 5.96 Å². The Labute approximate surface area is 189 Å². The standard InChI is InChI=1S/C18H32N6O2S.HI/c1-22(2)17(25)15-21-18(23(3)9-5-16-19-7-14-27-16)20-6-4-8-24-10-12-26-13-11-24;/h7,14H,4-6,8-13,15H2,1-3H3,(H,20,21);1H. The summed E-state index contributed by atoms with van der Waals surface area (Å²) < 4.78 is 5.38. The van der Waals surface area contributed by atoms with Gasteiger partial charge in [0.05, 0.1) is 18.2 Å². The van der Waals surface area contributed by atoms with E-state index in [0.717, 1.165) is 69.7 Å². The number of thiazole rings is 1. The summed E-state index contributed by atoms with van der Waals surface area (Å²) in [5, 5.41) is 6.51. The van der Waals surface area contributed by atoms with Crippen molar-refractivity contribution in [2.45, 2.75) is 12.8 Å². The number of hydrogen-bond donors (Lipinski definition) is 1. The number of guanidine groups is 1. The molecule has 0 unspecified atom stereocenters. The molecule has 0 radical (unpaired) electrons. The Morgan fingerprint density at radius 1 is 1.36 bits per heavy atom. The van der Waals surface area contributed by atoms with Crippen LogP contribution in [0.4, 0.5) is 0 Å². The van der Waals surface area contributed by atoms with Crippen LogP contribution in [0.1, 0.15) is 11.4 Å². The lowest BCUT2D eigenvalue weighted by Gasteiger charge is -2.27. The topological polar surface area (TPSA) is 73.3 Å². The summed E-state index contributed by atoms with van der Waals surface area (Å²) in [4.78, 5) is 26.8. The second-order valence-corrected chi connectivity index (χ2v) is 7.74. The largest absolute Gasteiger partial charge is 0.379 e. The normalized spacial score (nSPS) is 15.0. The van der Waals surface area contributed by atoms with Gasteiger partial charge < -0.3 is 19.9 Å². The van der Waals surface area contributed by atoms with Crippen LogP contribution < -0.4 is 5.32 Å². The molecule has 28 heavy (non-hydrogen) atoms. The van der Waals surface area contributed by atoms with Crippen LogP contribution in [0.2, 0.25) is 0 Å². The molecular formula is C18H33IN6O2S. The van der Waals surface area contributed by atoms with E-state index in [9.17, 15) is 4.79 Å². The Bertz CT molecular complexity index is 579. The minimum Gasteiger partial charge on any atom is -0.379 e. The fourth-order valence-corrected chi connectivity index (χ4v) is 3.28. The second-order valence-electron chi connectivity index (χ2n) is 6.76.